The fourth-order valence-electron chi connectivity index (χ4n) is 2.66. The number of rotatable bonds is 4. The lowest BCUT2D eigenvalue weighted by Crippen LogP contribution is -2.33. The normalized spacial score (nSPS) is 26.4. The molecule has 2 atom stereocenters. The summed E-state index contributed by atoms with van der Waals surface area (Å²) in [6, 6.07) is 0. The van der Waals surface area contributed by atoms with Crippen LogP contribution in [0.5, 0.6) is 0 Å². The molecule has 0 aromatic heterocycles. The monoisotopic (exact) mass is 299 g/mol. The molecule has 2 aliphatic rings. The summed E-state index contributed by atoms with van der Waals surface area (Å²) < 4.78 is 30.2. The highest BCUT2D eigenvalue weighted by atomic mass is 32.2. The van der Waals surface area contributed by atoms with E-state index in [4.69, 9.17) is 4.55 Å². The van der Waals surface area contributed by atoms with Gasteiger partial charge in [0.05, 0.1) is 17.6 Å². The molecule has 0 bridgehead atoms. The molecular formula is C13H17NO5S. The van der Waals surface area contributed by atoms with Crippen molar-refractivity contribution in [2.75, 3.05) is 12.3 Å². The molecule has 0 saturated carbocycles. The van der Waals surface area contributed by atoms with E-state index >= 15 is 0 Å². The summed E-state index contributed by atoms with van der Waals surface area (Å²) in [5.41, 5.74) is 1.50. The molecule has 0 aromatic carbocycles. The number of amides is 1. The number of carbonyl (C=O) groups excluding carboxylic acids is 2. The van der Waals surface area contributed by atoms with Gasteiger partial charge >= 0.3 is 0 Å². The van der Waals surface area contributed by atoms with Crippen LogP contribution in [0.15, 0.2) is 23.4 Å². The summed E-state index contributed by atoms with van der Waals surface area (Å²) in [5.74, 6) is -1.30. The van der Waals surface area contributed by atoms with Gasteiger partial charge in [0.25, 0.3) is 10.1 Å². The summed E-state index contributed by atoms with van der Waals surface area (Å²) in [4.78, 5) is 25.4. The Labute approximate surface area is 117 Å². The number of hydrogen-bond donors (Lipinski definition) is 1. The third-order valence-corrected chi connectivity index (χ3v) is 4.54. The molecule has 0 saturated heterocycles. The molecule has 1 aliphatic heterocycles. The predicted molar refractivity (Wildman–Crippen MR) is 72.2 cm³/mol. The average Bonchev–Trinajstić information content (AvgIpc) is 2.58. The SMILES string of the molecule is CC1C(=O)N(CCCS(=O)(=O)O)C2=C1C=CC(=O)C2C. The van der Waals surface area contributed by atoms with Crippen molar-refractivity contribution in [3.8, 4) is 0 Å². The molecule has 0 radical (unpaired) electrons. The van der Waals surface area contributed by atoms with Crippen LogP contribution in [0.25, 0.3) is 0 Å². The Balaban J connectivity index is 2.20. The summed E-state index contributed by atoms with van der Waals surface area (Å²) in [7, 11) is -4.04. The van der Waals surface area contributed by atoms with Crippen molar-refractivity contribution < 1.29 is 22.6 Å². The van der Waals surface area contributed by atoms with E-state index in [0.29, 0.717) is 5.70 Å². The second-order valence-corrected chi connectivity index (χ2v) is 6.72. The molecule has 6 nitrogen and oxygen atoms in total. The van der Waals surface area contributed by atoms with E-state index in [2.05, 4.69) is 0 Å². The zero-order valence-corrected chi connectivity index (χ0v) is 12.2. The fourth-order valence-corrected chi connectivity index (χ4v) is 3.16. The summed E-state index contributed by atoms with van der Waals surface area (Å²) in [5, 5.41) is 0. The third-order valence-electron chi connectivity index (χ3n) is 3.74. The van der Waals surface area contributed by atoms with Crippen LogP contribution in [0.4, 0.5) is 0 Å². The molecule has 0 aromatic rings. The predicted octanol–water partition coefficient (Wildman–Crippen LogP) is 0.772. The topological polar surface area (TPSA) is 91.8 Å². The maximum Gasteiger partial charge on any atom is 0.264 e. The lowest BCUT2D eigenvalue weighted by molar-refractivity contribution is -0.130. The van der Waals surface area contributed by atoms with Crippen molar-refractivity contribution in [2.24, 2.45) is 11.8 Å². The van der Waals surface area contributed by atoms with E-state index in [9.17, 15) is 18.0 Å². The van der Waals surface area contributed by atoms with Crippen LogP contribution in [0.2, 0.25) is 0 Å². The minimum absolute atomic E-state index is 0.0644. The Kier molecular flexibility index (Phi) is 3.84. The van der Waals surface area contributed by atoms with Gasteiger partial charge in [-0.2, -0.15) is 8.42 Å². The van der Waals surface area contributed by atoms with E-state index in [1.165, 1.54) is 11.0 Å². The number of carbonyl (C=O) groups is 2. The molecule has 2 rings (SSSR count). The first-order valence-electron chi connectivity index (χ1n) is 6.45. The number of ketones is 1. The van der Waals surface area contributed by atoms with Gasteiger partial charge in [-0.25, -0.2) is 0 Å². The standard InChI is InChI=1S/C13H17NO5S/c1-8-10-4-5-11(15)9(2)12(10)14(13(8)16)6-3-7-20(17,18)19/h4-5,8-9H,3,6-7H2,1-2H3,(H,17,18,19). The van der Waals surface area contributed by atoms with Crippen LogP contribution < -0.4 is 0 Å². The van der Waals surface area contributed by atoms with Gasteiger partial charge in [0.1, 0.15) is 0 Å². The van der Waals surface area contributed by atoms with Crippen LogP contribution in [-0.2, 0) is 19.7 Å². The van der Waals surface area contributed by atoms with E-state index < -0.39 is 21.8 Å². The van der Waals surface area contributed by atoms with Crippen LogP contribution in [0.1, 0.15) is 20.3 Å². The minimum Gasteiger partial charge on any atom is -0.315 e. The highest BCUT2D eigenvalue weighted by Gasteiger charge is 2.40. The minimum atomic E-state index is -4.04. The molecular weight excluding hydrogens is 282 g/mol. The van der Waals surface area contributed by atoms with Crippen LogP contribution >= 0.6 is 0 Å². The quantitative estimate of drug-likeness (QED) is 0.774. The number of nitrogens with zero attached hydrogens (tertiary/aromatic N) is 1. The van der Waals surface area contributed by atoms with Gasteiger partial charge in [0.15, 0.2) is 5.78 Å². The van der Waals surface area contributed by atoms with Gasteiger partial charge in [-0.05, 0) is 31.9 Å². The van der Waals surface area contributed by atoms with Crippen LogP contribution in [0.3, 0.4) is 0 Å². The summed E-state index contributed by atoms with van der Waals surface area (Å²) in [6.45, 7) is 3.70. The van der Waals surface area contributed by atoms with Crippen molar-refractivity contribution in [1.29, 1.82) is 0 Å². The highest BCUT2D eigenvalue weighted by Crippen LogP contribution is 2.37. The molecule has 1 N–H and O–H groups in total. The lowest BCUT2D eigenvalue weighted by atomic mass is 9.90. The Morgan fingerprint density at radius 2 is 1.85 bits per heavy atom. The molecule has 7 heteroatoms. The Morgan fingerprint density at radius 1 is 1.20 bits per heavy atom. The molecule has 0 spiro atoms. The van der Waals surface area contributed by atoms with Crippen molar-refractivity contribution in [1.82, 2.24) is 4.90 Å². The molecule has 110 valence electrons. The van der Waals surface area contributed by atoms with Gasteiger partial charge in [-0.3, -0.25) is 14.1 Å². The summed E-state index contributed by atoms with van der Waals surface area (Å²) in [6.07, 6.45) is 3.29. The molecule has 0 fully saturated rings. The van der Waals surface area contributed by atoms with Gasteiger partial charge in [-0.15, -0.1) is 0 Å². The first-order chi connectivity index (χ1) is 9.22. The lowest BCUT2D eigenvalue weighted by Gasteiger charge is -2.25. The van der Waals surface area contributed by atoms with Crippen LogP contribution in [0, 0.1) is 11.8 Å². The van der Waals surface area contributed by atoms with Gasteiger partial charge in [0.2, 0.25) is 5.91 Å². The van der Waals surface area contributed by atoms with Gasteiger partial charge in [-0.1, -0.05) is 6.08 Å². The van der Waals surface area contributed by atoms with E-state index in [-0.39, 0.29) is 30.6 Å². The largest absolute Gasteiger partial charge is 0.315 e. The Bertz CT molecular complexity index is 617. The smallest absolute Gasteiger partial charge is 0.264 e. The van der Waals surface area contributed by atoms with Gasteiger partial charge in [0, 0.05) is 12.2 Å². The average molecular weight is 299 g/mol. The Hall–Kier alpha value is -1.47. The second-order valence-electron chi connectivity index (χ2n) is 5.15. The molecule has 1 heterocycles. The molecule has 1 amide bonds. The number of allylic oxidation sites excluding steroid dienone is 3. The van der Waals surface area contributed by atoms with E-state index in [1.807, 2.05) is 0 Å². The first kappa shape index (κ1) is 14.9. The highest BCUT2D eigenvalue weighted by molar-refractivity contribution is 7.85. The summed E-state index contributed by atoms with van der Waals surface area (Å²) >= 11 is 0. The van der Waals surface area contributed by atoms with Crippen LogP contribution in [-0.4, -0.2) is 41.9 Å². The zero-order chi connectivity index (χ0) is 15.1. The maximum absolute atomic E-state index is 12.2. The van der Waals surface area contributed by atoms with Crippen molar-refractivity contribution >= 4 is 21.8 Å². The van der Waals surface area contributed by atoms with E-state index in [0.717, 1.165) is 5.57 Å². The maximum atomic E-state index is 12.2. The zero-order valence-electron chi connectivity index (χ0n) is 11.4. The first-order valence-corrected chi connectivity index (χ1v) is 8.06. The van der Waals surface area contributed by atoms with E-state index in [1.54, 1.807) is 19.9 Å². The molecule has 2 unspecified atom stereocenters. The fraction of sp³-hybridized carbons (Fsp3) is 0.538. The third kappa shape index (κ3) is 2.69. The van der Waals surface area contributed by atoms with Crippen molar-refractivity contribution in [3.63, 3.8) is 0 Å². The van der Waals surface area contributed by atoms with Crippen molar-refractivity contribution in [2.45, 2.75) is 20.3 Å². The van der Waals surface area contributed by atoms with Gasteiger partial charge < -0.3 is 4.90 Å². The Morgan fingerprint density at radius 3 is 2.45 bits per heavy atom. The molecule has 1 aliphatic carbocycles. The second kappa shape index (κ2) is 5.14. The van der Waals surface area contributed by atoms with Crippen molar-refractivity contribution in [3.05, 3.63) is 23.4 Å². The molecule has 20 heavy (non-hydrogen) atoms. The number of hydrogen-bond acceptors (Lipinski definition) is 4.